The summed E-state index contributed by atoms with van der Waals surface area (Å²) in [7, 11) is 0. The van der Waals surface area contributed by atoms with Gasteiger partial charge in [0, 0.05) is 49.7 Å². The van der Waals surface area contributed by atoms with Crippen LogP contribution in [0, 0.1) is 0 Å². The van der Waals surface area contributed by atoms with Crippen molar-refractivity contribution in [3.05, 3.63) is 42.1 Å². The number of nitrogens with zero attached hydrogens (tertiary/aromatic N) is 4. The molecule has 2 aliphatic rings. The number of urea groups is 1. The molecule has 3 heterocycles. The van der Waals surface area contributed by atoms with E-state index in [4.69, 9.17) is 14.7 Å². The molecule has 1 aromatic heterocycles. The zero-order valence-corrected chi connectivity index (χ0v) is 17.5. The molecular weight excluding hydrogens is 380 g/mol. The second-order valence-corrected chi connectivity index (χ2v) is 7.70. The topological polar surface area (TPSA) is 82.6 Å². The standard InChI is InChI=1S/C22H30N6O2/c1-2-17-16-20(26-21(24-17)27-12-14-30-15-13-27)23-19-8-10-28(11-9-19)22(29)25-18-6-4-3-5-7-18/h3-7,16,19H,2,8-15H2,1H3,(H,25,29)(H,23,24,26). The maximum atomic E-state index is 12.5. The third-order valence-corrected chi connectivity index (χ3v) is 5.58. The number of ether oxygens (including phenoxy) is 1. The van der Waals surface area contributed by atoms with E-state index in [0.29, 0.717) is 19.3 Å². The molecule has 0 unspecified atom stereocenters. The Bertz CT molecular complexity index is 833. The van der Waals surface area contributed by atoms with Gasteiger partial charge in [0.05, 0.1) is 13.2 Å². The van der Waals surface area contributed by atoms with E-state index in [9.17, 15) is 4.79 Å². The summed E-state index contributed by atoms with van der Waals surface area (Å²) >= 11 is 0. The van der Waals surface area contributed by atoms with Gasteiger partial charge in [-0.1, -0.05) is 25.1 Å². The first-order chi connectivity index (χ1) is 14.7. The molecule has 2 saturated heterocycles. The lowest BCUT2D eigenvalue weighted by atomic mass is 10.1. The maximum Gasteiger partial charge on any atom is 0.321 e. The summed E-state index contributed by atoms with van der Waals surface area (Å²) in [6.07, 6.45) is 2.65. The summed E-state index contributed by atoms with van der Waals surface area (Å²) in [5, 5.41) is 6.54. The predicted molar refractivity (Wildman–Crippen MR) is 118 cm³/mol. The van der Waals surface area contributed by atoms with Gasteiger partial charge in [0.25, 0.3) is 0 Å². The number of amides is 2. The third kappa shape index (κ3) is 5.18. The summed E-state index contributed by atoms with van der Waals surface area (Å²) in [5.74, 6) is 1.65. The Morgan fingerprint density at radius 2 is 1.83 bits per heavy atom. The monoisotopic (exact) mass is 410 g/mol. The summed E-state index contributed by atoms with van der Waals surface area (Å²) in [4.78, 5) is 26.0. The number of para-hydroxylation sites is 1. The fraction of sp³-hybridized carbons (Fsp3) is 0.500. The molecule has 8 heteroatoms. The smallest absolute Gasteiger partial charge is 0.321 e. The van der Waals surface area contributed by atoms with Crippen LogP contribution in [0.5, 0.6) is 0 Å². The number of morpholine rings is 1. The van der Waals surface area contributed by atoms with E-state index < -0.39 is 0 Å². The van der Waals surface area contributed by atoms with Gasteiger partial charge in [-0.3, -0.25) is 0 Å². The Labute approximate surface area is 177 Å². The highest BCUT2D eigenvalue weighted by molar-refractivity contribution is 5.89. The minimum atomic E-state index is -0.0374. The maximum absolute atomic E-state index is 12.5. The molecule has 0 atom stereocenters. The highest BCUT2D eigenvalue weighted by atomic mass is 16.5. The average Bonchev–Trinajstić information content (AvgIpc) is 2.80. The van der Waals surface area contributed by atoms with Crippen LogP contribution in [-0.2, 0) is 11.2 Å². The summed E-state index contributed by atoms with van der Waals surface area (Å²) < 4.78 is 5.45. The molecule has 0 bridgehead atoms. The number of hydrogen-bond acceptors (Lipinski definition) is 6. The minimum absolute atomic E-state index is 0.0374. The second-order valence-electron chi connectivity index (χ2n) is 7.70. The van der Waals surface area contributed by atoms with E-state index in [-0.39, 0.29) is 6.03 Å². The SMILES string of the molecule is CCc1cc(NC2CCN(C(=O)Nc3ccccc3)CC2)nc(N2CCOCC2)n1. The molecule has 4 rings (SSSR count). The zero-order valence-electron chi connectivity index (χ0n) is 17.5. The van der Waals surface area contributed by atoms with Crippen LogP contribution in [0.25, 0.3) is 0 Å². The zero-order chi connectivity index (χ0) is 20.8. The molecule has 0 radical (unpaired) electrons. The first-order valence-corrected chi connectivity index (χ1v) is 10.8. The van der Waals surface area contributed by atoms with Crippen LogP contribution < -0.4 is 15.5 Å². The van der Waals surface area contributed by atoms with E-state index in [2.05, 4.69) is 22.5 Å². The van der Waals surface area contributed by atoms with Gasteiger partial charge in [-0.25, -0.2) is 9.78 Å². The number of carbonyl (C=O) groups excluding carboxylic acids is 1. The van der Waals surface area contributed by atoms with Gasteiger partial charge >= 0.3 is 6.03 Å². The molecule has 8 nitrogen and oxygen atoms in total. The van der Waals surface area contributed by atoms with Crippen LogP contribution in [0.1, 0.15) is 25.5 Å². The lowest BCUT2D eigenvalue weighted by molar-refractivity contribution is 0.122. The Morgan fingerprint density at radius 3 is 2.53 bits per heavy atom. The first-order valence-electron chi connectivity index (χ1n) is 10.8. The predicted octanol–water partition coefficient (Wildman–Crippen LogP) is 2.98. The Morgan fingerprint density at radius 1 is 1.10 bits per heavy atom. The van der Waals surface area contributed by atoms with E-state index in [1.165, 1.54) is 0 Å². The van der Waals surface area contributed by atoms with Gasteiger partial charge in [-0.05, 0) is 31.4 Å². The van der Waals surface area contributed by atoms with E-state index in [1.807, 2.05) is 41.3 Å². The number of benzene rings is 1. The van der Waals surface area contributed by atoms with Crippen LogP contribution in [-0.4, -0.2) is 66.3 Å². The molecule has 2 aliphatic heterocycles. The fourth-order valence-corrected chi connectivity index (χ4v) is 3.80. The van der Waals surface area contributed by atoms with Gasteiger partial charge < -0.3 is 25.2 Å². The minimum Gasteiger partial charge on any atom is -0.378 e. The van der Waals surface area contributed by atoms with Gasteiger partial charge in [-0.2, -0.15) is 4.98 Å². The van der Waals surface area contributed by atoms with Crippen molar-refractivity contribution in [1.82, 2.24) is 14.9 Å². The summed E-state index contributed by atoms with van der Waals surface area (Å²) in [6, 6.07) is 11.9. The molecule has 2 fully saturated rings. The molecule has 2 N–H and O–H groups in total. The second kappa shape index (κ2) is 9.75. The van der Waals surface area contributed by atoms with E-state index >= 15 is 0 Å². The van der Waals surface area contributed by atoms with Crippen LogP contribution in [0.3, 0.4) is 0 Å². The van der Waals surface area contributed by atoms with Crippen molar-refractivity contribution in [1.29, 1.82) is 0 Å². The normalized spacial score (nSPS) is 17.6. The van der Waals surface area contributed by atoms with Crippen LogP contribution in [0.2, 0.25) is 0 Å². The molecule has 2 aromatic rings. The fourth-order valence-electron chi connectivity index (χ4n) is 3.80. The van der Waals surface area contributed by atoms with Crippen molar-refractivity contribution < 1.29 is 9.53 Å². The quantitative estimate of drug-likeness (QED) is 0.789. The highest BCUT2D eigenvalue weighted by Crippen LogP contribution is 2.20. The molecule has 0 spiro atoms. The Hall–Kier alpha value is -2.87. The van der Waals surface area contributed by atoms with Gasteiger partial charge in [0.2, 0.25) is 5.95 Å². The van der Waals surface area contributed by atoms with Crippen molar-refractivity contribution in [3.8, 4) is 0 Å². The van der Waals surface area contributed by atoms with Gasteiger partial charge in [0.1, 0.15) is 5.82 Å². The Kier molecular flexibility index (Phi) is 6.63. The lowest BCUT2D eigenvalue weighted by Gasteiger charge is -2.33. The van der Waals surface area contributed by atoms with Crippen LogP contribution >= 0.6 is 0 Å². The average molecular weight is 411 g/mol. The molecule has 0 aliphatic carbocycles. The van der Waals surface area contributed by atoms with Crippen molar-refractivity contribution in [2.75, 3.05) is 54.9 Å². The Balaban J connectivity index is 1.33. The lowest BCUT2D eigenvalue weighted by Crippen LogP contribution is -2.44. The van der Waals surface area contributed by atoms with Crippen molar-refractivity contribution in [3.63, 3.8) is 0 Å². The molecule has 160 valence electrons. The van der Waals surface area contributed by atoms with Crippen molar-refractivity contribution in [2.45, 2.75) is 32.2 Å². The number of hydrogen-bond donors (Lipinski definition) is 2. The third-order valence-electron chi connectivity index (χ3n) is 5.58. The largest absolute Gasteiger partial charge is 0.378 e. The van der Waals surface area contributed by atoms with E-state index in [1.54, 1.807) is 0 Å². The number of rotatable bonds is 5. The van der Waals surface area contributed by atoms with Crippen molar-refractivity contribution in [2.24, 2.45) is 0 Å². The molecule has 2 amide bonds. The number of aryl methyl sites for hydroxylation is 1. The van der Waals surface area contributed by atoms with Crippen LogP contribution in [0.4, 0.5) is 22.2 Å². The molecule has 30 heavy (non-hydrogen) atoms. The highest BCUT2D eigenvalue weighted by Gasteiger charge is 2.24. The number of likely N-dealkylation sites (tertiary alicyclic amines) is 1. The summed E-state index contributed by atoms with van der Waals surface area (Å²) in [5.41, 5.74) is 1.86. The van der Waals surface area contributed by atoms with Crippen molar-refractivity contribution >= 4 is 23.5 Å². The number of piperidine rings is 1. The van der Waals surface area contributed by atoms with Gasteiger partial charge in [0.15, 0.2) is 0 Å². The first kappa shape index (κ1) is 20.4. The number of aromatic nitrogens is 2. The molecule has 1 aromatic carbocycles. The molecular formula is C22H30N6O2. The summed E-state index contributed by atoms with van der Waals surface area (Å²) in [6.45, 7) is 6.62. The number of carbonyl (C=O) groups is 1. The van der Waals surface area contributed by atoms with Crippen LogP contribution in [0.15, 0.2) is 36.4 Å². The number of anilines is 3. The van der Waals surface area contributed by atoms with E-state index in [0.717, 1.165) is 68.6 Å². The molecule has 0 saturated carbocycles. The van der Waals surface area contributed by atoms with Gasteiger partial charge in [-0.15, -0.1) is 0 Å². The number of nitrogens with one attached hydrogen (secondary N) is 2.